The molecular formula is C13H14FN3O. The summed E-state index contributed by atoms with van der Waals surface area (Å²) in [6, 6.07) is 7.31. The number of benzene rings is 1. The lowest BCUT2D eigenvalue weighted by atomic mass is 10.2. The van der Waals surface area contributed by atoms with Gasteiger partial charge in [0.15, 0.2) is 0 Å². The average molecular weight is 247 g/mol. The number of halogens is 1. The Balaban J connectivity index is 2.35. The number of aromatic amines is 1. The van der Waals surface area contributed by atoms with Crippen LogP contribution >= 0.6 is 0 Å². The molecule has 0 spiro atoms. The van der Waals surface area contributed by atoms with Crippen LogP contribution in [0.5, 0.6) is 0 Å². The standard InChI is InChI=1S/C13H14FN3O/c1-2-15-8-11-7-12(18)17-13(16-11)9-3-5-10(14)6-4-9/h3-7,15H,2,8H2,1H3,(H,16,17,18). The average Bonchev–Trinajstić information content (AvgIpc) is 2.36. The van der Waals surface area contributed by atoms with E-state index < -0.39 is 0 Å². The third-order valence-electron chi connectivity index (χ3n) is 2.47. The van der Waals surface area contributed by atoms with Crippen LogP contribution in [0.3, 0.4) is 0 Å². The lowest BCUT2D eigenvalue weighted by Crippen LogP contribution is -2.17. The molecule has 2 rings (SSSR count). The van der Waals surface area contributed by atoms with Crippen LogP contribution in [-0.4, -0.2) is 16.5 Å². The minimum Gasteiger partial charge on any atom is -0.311 e. The first-order valence-electron chi connectivity index (χ1n) is 5.76. The molecule has 0 unspecified atom stereocenters. The lowest BCUT2D eigenvalue weighted by Gasteiger charge is -2.04. The zero-order chi connectivity index (χ0) is 13.0. The Hall–Kier alpha value is -2.01. The highest BCUT2D eigenvalue weighted by Gasteiger charge is 2.04. The molecule has 0 fully saturated rings. The maximum atomic E-state index is 12.8. The highest BCUT2D eigenvalue weighted by molar-refractivity contribution is 5.54. The van der Waals surface area contributed by atoms with Crippen molar-refractivity contribution in [3.8, 4) is 11.4 Å². The molecule has 94 valence electrons. The molecule has 4 nitrogen and oxygen atoms in total. The van der Waals surface area contributed by atoms with Gasteiger partial charge in [0.05, 0.1) is 5.69 Å². The summed E-state index contributed by atoms with van der Waals surface area (Å²) in [4.78, 5) is 18.5. The van der Waals surface area contributed by atoms with E-state index in [4.69, 9.17) is 0 Å². The van der Waals surface area contributed by atoms with Crippen LogP contribution in [0.2, 0.25) is 0 Å². The van der Waals surface area contributed by atoms with Crippen molar-refractivity contribution in [1.82, 2.24) is 15.3 Å². The molecule has 1 aromatic heterocycles. The molecule has 2 aromatic rings. The van der Waals surface area contributed by atoms with Crippen molar-refractivity contribution in [2.75, 3.05) is 6.54 Å². The van der Waals surface area contributed by atoms with Crippen molar-refractivity contribution in [1.29, 1.82) is 0 Å². The van der Waals surface area contributed by atoms with Crippen molar-refractivity contribution in [2.24, 2.45) is 0 Å². The highest BCUT2D eigenvalue weighted by atomic mass is 19.1. The van der Waals surface area contributed by atoms with Gasteiger partial charge in [0, 0.05) is 18.2 Å². The molecule has 0 radical (unpaired) electrons. The first kappa shape index (κ1) is 12.4. The molecule has 18 heavy (non-hydrogen) atoms. The Kier molecular flexibility index (Phi) is 3.84. The van der Waals surface area contributed by atoms with Gasteiger partial charge in [-0.1, -0.05) is 6.92 Å². The highest BCUT2D eigenvalue weighted by Crippen LogP contribution is 2.13. The maximum absolute atomic E-state index is 12.8. The first-order chi connectivity index (χ1) is 8.69. The van der Waals surface area contributed by atoms with E-state index in [0.717, 1.165) is 6.54 Å². The van der Waals surface area contributed by atoms with E-state index in [1.807, 2.05) is 6.92 Å². The molecule has 1 heterocycles. The van der Waals surface area contributed by atoms with Crippen molar-refractivity contribution in [3.05, 3.63) is 52.2 Å². The van der Waals surface area contributed by atoms with E-state index >= 15 is 0 Å². The third kappa shape index (κ3) is 3.01. The number of nitrogens with one attached hydrogen (secondary N) is 2. The second-order valence-electron chi connectivity index (χ2n) is 3.87. The van der Waals surface area contributed by atoms with Crippen molar-refractivity contribution >= 4 is 0 Å². The van der Waals surface area contributed by atoms with E-state index in [0.29, 0.717) is 23.6 Å². The maximum Gasteiger partial charge on any atom is 0.251 e. The quantitative estimate of drug-likeness (QED) is 0.864. The summed E-state index contributed by atoms with van der Waals surface area (Å²) < 4.78 is 12.8. The van der Waals surface area contributed by atoms with Crippen LogP contribution in [-0.2, 0) is 6.54 Å². The lowest BCUT2D eigenvalue weighted by molar-refractivity contribution is 0.628. The molecule has 1 aromatic carbocycles. The number of rotatable bonds is 4. The molecule has 0 atom stereocenters. The molecule has 0 amide bonds. The van der Waals surface area contributed by atoms with Gasteiger partial charge in [-0.25, -0.2) is 9.37 Å². The fourth-order valence-corrected chi connectivity index (χ4v) is 1.60. The summed E-state index contributed by atoms with van der Waals surface area (Å²) in [5.41, 5.74) is 1.14. The number of H-pyrrole nitrogens is 1. The molecule has 0 bridgehead atoms. The molecule has 0 aliphatic rings. The number of hydrogen-bond donors (Lipinski definition) is 2. The molecule has 0 aliphatic heterocycles. The molecule has 2 N–H and O–H groups in total. The van der Waals surface area contributed by atoms with Gasteiger partial charge >= 0.3 is 0 Å². The number of aromatic nitrogens is 2. The summed E-state index contributed by atoms with van der Waals surface area (Å²) in [7, 11) is 0. The minimum absolute atomic E-state index is 0.211. The van der Waals surface area contributed by atoms with Crippen LogP contribution in [0.25, 0.3) is 11.4 Å². The first-order valence-corrected chi connectivity index (χ1v) is 5.76. The zero-order valence-electron chi connectivity index (χ0n) is 10.0. The van der Waals surface area contributed by atoms with Gasteiger partial charge in [0.25, 0.3) is 5.56 Å². The predicted octanol–water partition coefficient (Wildman–Crippen LogP) is 1.69. The van der Waals surface area contributed by atoms with Gasteiger partial charge in [-0.15, -0.1) is 0 Å². The Morgan fingerprint density at radius 3 is 2.72 bits per heavy atom. The summed E-state index contributed by atoms with van der Waals surface area (Å²) in [6.45, 7) is 3.32. The summed E-state index contributed by atoms with van der Waals surface area (Å²) >= 11 is 0. The van der Waals surface area contributed by atoms with Gasteiger partial charge in [0.2, 0.25) is 0 Å². The van der Waals surface area contributed by atoms with Crippen LogP contribution in [0, 0.1) is 5.82 Å². The SMILES string of the molecule is CCNCc1cc(=O)[nH]c(-c2ccc(F)cc2)n1. The molecule has 0 saturated heterocycles. The second kappa shape index (κ2) is 5.55. The topological polar surface area (TPSA) is 57.8 Å². The third-order valence-corrected chi connectivity index (χ3v) is 2.47. The van der Waals surface area contributed by atoms with Crippen LogP contribution in [0.1, 0.15) is 12.6 Å². The Morgan fingerprint density at radius 2 is 2.06 bits per heavy atom. The van der Waals surface area contributed by atoms with Crippen molar-refractivity contribution in [2.45, 2.75) is 13.5 Å². The molecule has 0 saturated carbocycles. The Morgan fingerprint density at radius 1 is 1.33 bits per heavy atom. The van der Waals surface area contributed by atoms with Crippen LogP contribution in [0.4, 0.5) is 4.39 Å². The van der Waals surface area contributed by atoms with Gasteiger partial charge < -0.3 is 10.3 Å². The van der Waals surface area contributed by atoms with E-state index in [2.05, 4.69) is 15.3 Å². The summed E-state index contributed by atoms with van der Waals surface area (Å²) in [5, 5.41) is 3.10. The van der Waals surface area contributed by atoms with Gasteiger partial charge in [-0.3, -0.25) is 4.79 Å². The van der Waals surface area contributed by atoms with Crippen LogP contribution < -0.4 is 10.9 Å². The largest absolute Gasteiger partial charge is 0.311 e. The number of hydrogen-bond acceptors (Lipinski definition) is 3. The van der Waals surface area contributed by atoms with E-state index in [9.17, 15) is 9.18 Å². The Labute approximate surface area is 104 Å². The fraction of sp³-hybridized carbons (Fsp3) is 0.231. The van der Waals surface area contributed by atoms with Gasteiger partial charge in [0.1, 0.15) is 11.6 Å². The Bertz CT molecular complexity index is 578. The molecule has 5 heteroatoms. The van der Waals surface area contributed by atoms with Gasteiger partial charge in [-0.05, 0) is 30.8 Å². The monoisotopic (exact) mass is 247 g/mol. The fourth-order valence-electron chi connectivity index (χ4n) is 1.60. The number of nitrogens with zero attached hydrogens (tertiary/aromatic N) is 1. The molecule has 0 aliphatic carbocycles. The van der Waals surface area contributed by atoms with Gasteiger partial charge in [-0.2, -0.15) is 0 Å². The van der Waals surface area contributed by atoms with E-state index in [-0.39, 0.29) is 11.4 Å². The second-order valence-corrected chi connectivity index (χ2v) is 3.87. The minimum atomic E-state index is -0.315. The van der Waals surface area contributed by atoms with Crippen molar-refractivity contribution in [3.63, 3.8) is 0 Å². The normalized spacial score (nSPS) is 10.6. The van der Waals surface area contributed by atoms with E-state index in [1.165, 1.54) is 18.2 Å². The predicted molar refractivity (Wildman–Crippen MR) is 67.6 cm³/mol. The molecular weight excluding hydrogens is 233 g/mol. The summed E-state index contributed by atoms with van der Waals surface area (Å²) in [5.74, 6) is 0.139. The van der Waals surface area contributed by atoms with Crippen molar-refractivity contribution < 1.29 is 4.39 Å². The zero-order valence-corrected chi connectivity index (χ0v) is 10.0. The smallest absolute Gasteiger partial charge is 0.251 e. The summed E-state index contributed by atoms with van der Waals surface area (Å²) in [6.07, 6.45) is 0. The van der Waals surface area contributed by atoms with Crippen LogP contribution in [0.15, 0.2) is 35.1 Å². The van der Waals surface area contributed by atoms with E-state index in [1.54, 1.807) is 12.1 Å².